The molecule has 0 aliphatic carbocycles. The highest BCUT2D eigenvalue weighted by atomic mass is 16.5. The second-order valence-electron chi connectivity index (χ2n) is 9.12. The molecule has 174 valence electrons. The second-order valence-corrected chi connectivity index (χ2v) is 9.12. The van der Waals surface area contributed by atoms with Gasteiger partial charge in [-0.05, 0) is 54.7 Å². The number of hydrogen-bond donors (Lipinski definition) is 0. The number of aryl methyl sites for hydroxylation is 1. The predicted molar refractivity (Wildman–Crippen MR) is 137 cm³/mol. The van der Waals surface area contributed by atoms with Gasteiger partial charge < -0.3 is 4.74 Å². The number of carbonyl (C=O) groups excluding carboxylic acids is 1. The van der Waals surface area contributed by atoms with Crippen LogP contribution in [0.15, 0.2) is 91.0 Å². The summed E-state index contributed by atoms with van der Waals surface area (Å²) in [5, 5.41) is 0. The van der Waals surface area contributed by atoms with Crippen molar-refractivity contribution in [1.29, 1.82) is 0 Å². The fourth-order valence-corrected chi connectivity index (χ4v) is 4.92. The highest BCUT2D eigenvalue weighted by Gasteiger charge is 2.36. The van der Waals surface area contributed by atoms with Gasteiger partial charge in [0, 0.05) is 11.8 Å². The summed E-state index contributed by atoms with van der Waals surface area (Å²) < 4.78 is 5.52. The van der Waals surface area contributed by atoms with Crippen LogP contribution < -0.4 is 0 Å². The van der Waals surface area contributed by atoms with E-state index < -0.39 is 0 Å². The van der Waals surface area contributed by atoms with E-state index in [1.165, 1.54) is 23.1 Å². The van der Waals surface area contributed by atoms with Crippen LogP contribution in [0.25, 0.3) is 0 Å². The molecule has 0 fully saturated rings. The quantitative estimate of drug-likeness (QED) is 0.200. The molecule has 1 unspecified atom stereocenters. The van der Waals surface area contributed by atoms with Gasteiger partial charge in [0.2, 0.25) is 0 Å². The zero-order valence-electron chi connectivity index (χ0n) is 20.2. The summed E-state index contributed by atoms with van der Waals surface area (Å²) in [5.74, 6) is 0.434. The lowest BCUT2D eigenvalue weighted by atomic mass is 9.64. The smallest absolute Gasteiger partial charge is 0.306 e. The highest BCUT2D eigenvalue weighted by Crippen LogP contribution is 2.43. The number of benzene rings is 3. The first-order chi connectivity index (χ1) is 16.1. The molecular weight excluding hydrogens is 404 g/mol. The standard InChI is InChI=1S/C31H38O2/c1-3-15-27(22-13-14-25-33-30(32)24-23-26-16-7-4-8-17-26)31(2,28-18-9-5-10-19-28)29-20-11-6-12-21-29/h4-12,16-21,27H,3,13-15,22-25H2,1-2H3. The third-order valence-corrected chi connectivity index (χ3v) is 6.87. The van der Waals surface area contributed by atoms with Gasteiger partial charge >= 0.3 is 5.97 Å². The van der Waals surface area contributed by atoms with Crippen LogP contribution in [0.3, 0.4) is 0 Å². The predicted octanol–water partition coefficient (Wildman–Crippen LogP) is 7.76. The molecule has 3 aromatic carbocycles. The number of rotatable bonds is 13. The van der Waals surface area contributed by atoms with E-state index in [1.807, 2.05) is 18.2 Å². The van der Waals surface area contributed by atoms with Crippen molar-refractivity contribution in [1.82, 2.24) is 0 Å². The highest BCUT2D eigenvalue weighted by molar-refractivity contribution is 5.69. The maximum Gasteiger partial charge on any atom is 0.306 e. The Morgan fingerprint density at radius 2 is 1.33 bits per heavy atom. The molecular formula is C31H38O2. The Bertz CT molecular complexity index is 895. The first kappa shape index (κ1) is 24.8. The van der Waals surface area contributed by atoms with Crippen molar-refractivity contribution in [2.75, 3.05) is 6.61 Å². The van der Waals surface area contributed by atoms with Crippen LogP contribution in [0.4, 0.5) is 0 Å². The third-order valence-electron chi connectivity index (χ3n) is 6.87. The van der Waals surface area contributed by atoms with Crippen LogP contribution in [0, 0.1) is 5.92 Å². The molecule has 1 atom stereocenters. The van der Waals surface area contributed by atoms with Gasteiger partial charge in [0.1, 0.15) is 0 Å². The molecule has 2 nitrogen and oxygen atoms in total. The van der Waals surface area contributed by atoms with Crippen molar-refractivity contribution in [2.24, 2.45) is 5.92 Å². The molecule has 0 amide bonds. The minimum absolute atomic E-state index is 0.0368. The Labute approximate surface area is 200 Å². The minimum Gasteiger partial charge on any atom is -0.466 e. The Morgan fingerprint density at radius 1 is 0.788 bits per heavy atom. The van der Waals surface area contributed by atoms with Gasteiger partial charge in [-0.1, -0.05) is 111 Å². The van der Waals surface area contributed by atoms with Gasteiger partial charge in [0.25, 0.3) is 0 Å². The number of ether oxygens (including phenoxy) is 1. The van der Waals surface area contributed by atoms with Crippen molar-refractivity contribution >= 4 is 5.97 Å². The number of unbranched alkanes of at least 4 members (excludes halogenated alkanes) is 1. The van der Waals surface area contributed by atoms with Gasteiger partial charge in [-0.15, -0.1) is 0 Å². The largest absolute Gasteiger partial charge is 0.466 e. The number of hydrogen-bond acceptors (Lipinski definition) is 2. The van der Waals surface area contributed by atoms with Gasteiger partial charge in [0.05, 0.1) is 6.61 Å². The van der Waals surface area contributed by atoms with E-state index in [1.54, 1.807) is 0 Å². The average molecular weight is 443 g/mol. The Balaban J connectivity index is 1.56. The lowest BCUT2D eigenvalue weighted by molar-refractivity contribution is -0.143. The average Bonchev–Trinajstić information content (AvgIpc) is 2.88. The molecule has 33 heavy (non-hydrogen) atoms. The monoisotopic (exact) mass is 442 g/mol. The molecule has 0 aliphatic rings. The molecule has 3 rings (SSSR count). The van der Waals surface area contributed by atoms with Crippen molar-refractivity contribution in [3.63, 3.8) is 0 Å². The molecule has 0 aromatic heterocycles. The third kappa shape index (κ3) is 7.05. The van der Waals surface area contributed by atoms with Crippen LogP contribution in [-0.2, 0) is 21.4 Å². The summed E-state index contributed by atoms with van der Waals surface area (Å²) in [4.78, 5) is 12.1. The Kier molecular flexibility index (Phi) is 9.75. The summed E-state index contributed by atoms with van der Waals surface area (Å²) in [6, 6.07) is 32.0. The van der Waals surface area contributed by atoms with Crippen LogP contribution in [0.1, 0.15) is 69.1 Å². The SMILES string of the molecule is CCCC(CCCCOC(=O)CCc1ccccc1)C(C)(c1ccccc1)c1ccccc1. The molecule has 3 aromatic rings. The Morgan fingerprint density at radius 3 is 1.88 bits per heavy atom. The van der Waals surface area contributed by atoms with Gasteiger partial charge in [0.15, 0.2) is 0 Å². The molecule has 0 heterocycles. The summed E-state index contributed by atoms with van der Waals surface area (Å²) in [7, 11) is 0. The van der Waals surface area contributed by atoms with E-state index >= 15 is 0 Å². The van der Waals surface area contributed by atoms with Crippen molar-refractivity contribution in [3.05, 3.63) is 108 Å². The number of esters is 1. The summed E-state index contributed by atoms with van der Waals surface area (Å²) in [6.45, 7) is 5.19. The first-order valence-corrected chi connectivity index (χ1v) is 12.4. The molecule has 0 aliphatic heterocycles. The molecule has 0 radical (unpaired) electrons. The van der Waals surface area contributed by atoms with Crippen LogP contribution in [0.5, 0.6) is 0 Å². The van der Waals surface area contributed by atoms with E-state index in [9.17, 15) is 4.79 Å². The van der Waals surface area contributed by atoms with E-state index in [-0.39, 0.29) is 11.4 Å². The molecule has 0 N–H and O–H groups in total. The summed E-state index contributed by atoms with van der Waals surface area (Å²) in [6.07, 6.45) is 6.62. The zero-order chi connectivity index (χ0) is 23.4. The number of carbonyl (C=O) groups is 1. The maximum absolute atomic E-state index is 12.1. The van der Waals surface area contributed by atoms with Crippen LogP contribution in [0.2, 0.25) is 0 Å². The summed E-state index contributed by atoms with van der Waals surface area (Å²) >= 11 is 0. The second kappa shape index (κ2) is 13.0. The van der Waals surface area contributed by atoms with Gasteiger partial charge in [-0.3, -0.25) is 4.79 Å². The van der Waals surface area contributed by atoms with E-state index in [2.05, 4.69) is 86.6 Å². The first-order valence-electron chi connectivity index (χ1n) is 12.4. The lowest BCUT2D eigenvalue weighted by Crippen LogP contribution is -2.33. The summed E-state index contributed by atoms with van der Waals surface area (Å²) in [5.41, 5.74) is 3.90. The van der Waals surface area contributed by atoms with Gasteiger partial charge in [-0.25, -0.2) is 0 Å². The fraction of sp³-hybridized carbons (Fsp3) is 0.387. The fourth-order valence-electron chi connectivity index (χ4n) is 4.92. The molecule has 0 saturated heterocycles. The normalized spacial score (nSPS) is 12.3. The van der Waals surface area contributed by atoms with Gasteiger partial charge in [-0.2, -0.15) is 0 Å². The van der Waals surface area contributed by atoms with Crippen molar-refractivity contribution in [2.45, 2.75) is 64.2 Å². The van der Waals surface area contributed by atoms with Crippen molar-refractivity contribution < 1.29 is 9.53 Å². The van der Waals surface area contributed by atoms with Crippen LogP contribution >= 0.6 is 0 Å². The lowest BCUT2D eigenvalue weighted by Gasteiger charge is -2.39. The molecule has 0 saturated carbocycles. The zero-order valence-corrected chi connectivity index (χ0v) is 20.2. The molecule has 0 bridgehead atoms. The van der Waals surface area contributed by atoms with Crippen LogP contribution in [-0.4, -0.2) is 12.6 Å². The van der Waals surface area contributed by atoms with Crippen molar-refractivity contribution in [3.8, 4) is 0 Å². The topological polar surface area (TPSA) is 26.3 Å². The van der Waals surface area contributed by atoms with E-state index in [4.69, 9.17) is 4.74 Å². The maximum atomic E-state index is 12.1. The minimum atomic E-state index is -0.0950. The molecule has 2 heteroatoms. The molecule has 0 spiro atoms. The van der Waals surface area contributed by atoms with E-state index in [0.717, 1.165) is 32.1 Å². The van der Waals surface area contributed by atoms with E-state index in [0.29, 0.717) is 18.9 Å². The Hall–Kier alpha value is -2.87.